The SMILES string of the molecule is COCCOCC(=O)N[C@H](Cc1c(C)cccc1C)C(N)=O. The number of carbonyl (C=O) groups is 2. The summed E-state index contributed by atoms with van der Waals surface area (Å²) in [6.07, 6.45) is 0.373. The summed E-state index contributed by atoms with van der Waals surface area (Å²) in [7, 11) is 1.55. The molecule has 122 valence electrons. The fraction of sp³-hybridized carbons (Fsp3) is 0.500. The number of ether oxygens (including phenoxy) is 2. The topological polar surface area (TPSA) is 90.7 Å². The predicted octanol–water partition coefficient (Wildman–Crippen LogP) is 0.479. The molecule has 22 heavy (non-hydrogen) atoms. The summed E-state index contributed by atoms with van der Waals surface area (Å²) in [5.41, 5.74) is 8.55. The van der Waals surface area contributed by atoms with Gasteiger partial charge in [0, 0.05) is 13.5 Å². The van der Waals surface area contributed by atoms with Crippen LogP contribution in [0.1, 0.15) is 16.7 Å². The molecule has 1 atom stereocenters. The van der Waals surface area contributed by atoms with Crippen LogP contribution >= 0.6 is 0 Å². The first-order valence-electron chi connectivity index (χ1n) is 7.16. The van der Waals surface area contributed by atoms with Crippen molar-refractivity contribution in [2.75, 3.05) is 26.9 Å². The van der Waals surface area contributed by atoms with Crippen molar-refractivity contribution < 1.29 is 19.1 Å². The number of amides is 2. The van der Waals surface area contributed by atoms with Crippen molar-refractivity contribution in [3.63, 3.8) is 0 Å². The summed E-state index contributed by atoms with van der Waals surface area (Å²) in [5, 5.41) is 2.62. The molecule has 0 aliphatic heterocycles. The highest BCUT2D eigenvalue weighted by Crippen LogP contribution is 2.15. The van der Waals surface area contributed by atoms with Crippen molar-refractivity contribution in [1.29, 1.82) is 0 Å². The van der Waals surface area contributed by atoms with Crippen molar-refractivity contribution in [3.8, 4) is 0 Å². The Kier molecular flexibility index (Phi) is 7.56. The van der Waals surface area contributed by atoms with E-state index in [1.54, 1.807) is 7.11 Å². The number of benzene rings is 1. The number of carbonyl (C=O) groups excluding carboxylic acids is 2. The number of hydrogen-bond donors (Lipinski definition) is 2. The van der Waals surface area contributed by atoms with Crippen molar-refractivity contribution >= 4 is 11.8 Å². The average molecular weight is 308 g/mol. The maximum Gasteiger partial charge on any atom is 0.246 e. The number of rotatable bonds is 9. The van der Waals surface area contributed by atoms with Gasteiger partial charge in [0.2, 0.25) is 11.8 Å². The van der Waals surface area contributed by atoms with E-state index in [1.807, 2.05) is 32.0 Å². The number of primary amides is 1. The maximum atomic E-state index is 11.8. The second-order valence-corrected chi connectivity index (χ2v) is 5.14. The number of nitrogens with one attached hydrogen (secondary N) is 1. The van der Waals surface area contributed by atoms with Gasteiger partial charge in [-0.2, -0.15) is 0 Å². The molecular weight excluding hydrogens is 284 g/mol. The molecular formula is C16H24N2O4. The van der Waals surface area contributed by atoms with Crippen LogP contribution in [-0.2, 0) is 25.5 Å². The van der Waals surface area contributed by atoms with Gasteiger partial charge in [0.15, 0.2) is 0 Å². The van der Waals surface area contributed by atoms with Crippen LogP contribution < -0.4 is 11.1 Å². The Labute approximate surface area is 131 Å². The highest BCUT2D eigenvalue weighted by atomic mass is 16.5. The third-order valence-corrected chi connectivity index (χ3v) is 3.40. The molecule has 0 aromatic heterocycles. The molecule has 0 radical (unpaired) electrons. The van der Waals surface area contributed by atoms with E-state index in [1.165, 1.54) is 0 Å². The van der Waals surface area contributed by atoms with Crippen LogP contribution in [0.25, 0.3) is 0 Å². The first-order valence-corrected chi connectivity index (χ1v) is 7.16. The van der Waals surface area contributed by atoms with E-state index in [0.29, 0.717) is 19.6 Å². The monoisotopic (exact) mass is 308 g/mol. The Balaban J connectivity index is 2.63. The van der Waals surface area contributed by atoms with E-state index >= 15 is 0 Å². The molecule has 0 fully saturated rings. The van der Waals surface area contributed by atoms with Crippen molar-refractivity contribution in [1.82, 2.24) is 5.32 Å². The molecule has 1 rings (SSSR count). The highest BCUT2D eigenvalue weighted by Gasteiger charge is 2.20. The van der Waals surface area contributed by atoms with Crippen LogP contribution in [0.15, 0.2) is 18.2 Å². The number of aryl methyl sites for hydroxylation is 2. The summed E-state index contributed by atoms with van der Waals surface area (Å²) in [6.45, 7) is 4.54. The Morgan fingerprint density at radius 3 is 2.41 bits per heavy atom. The number of methoxy groups -OCH3 is 1. The van der Waals surface area contributed by atoms with Gasteiger partial charge in [-0.25, -0.2) is 0 Å². The smallest absolute Gasteiger partial charge is 0.246 e. The van der Waals surface area contributed by atoms with Gasteiger partial charge in [-0.15, -0.1) is 0 Å². The largest absolute Gasteiger partial charge is 0.382 e. The maximum absolute atomic E-state index is 11.8. The first-order chi connectivity index (χ1) is 10.5. The molecule has 1 aromatic rings. The molecule has 0 aliphatic carbocycles. The number of nitrogens with two attached hydrogens (primary N) is 1. The first kappa shape index (κ1) is 18.1. The minimum atomic E-state index is -0.752. The zero-order valence-corrected chi connectivity index (χ0v) is 13.3. The van der Waals surface area contributed by atoms with Crippen LogP contribution in [0.3, 0.4) is 0 Å². The van der Waals surface area contributed by atoms with E-state index in [4.69, 9.17) is 15.2 Å². The minimum Gasteiger partial charge on any atom is -0.382 e. The van der Waals surface area contributed by atoms with Gasteiger partial charge in [0.05, 0.1) is 13.2 Å². The van der Waals surface area contributed by atoms with Gasteiger partial charge in [-0.05, 0) is 30.5 Å². The molecule has 0 saturated heterocycles. The molecule has 1 aromatic carbocycles. The lowest BCUT2D eigenvalue weighted by atomic mass is 9.96. The zero-order valence-electron chi connectivity index (χ0n) is 13.3. The van der Waals surface area contributed by atoms with Crippen molar-refractivity contribution in [2.45, 2.75) is 26.3 Å². The fourth-order valence-electron chi connectivity index (χ4n) is 2.14. The average Bonchev–Trinajstić information content (AvgIpc) is 2.46. The predicted molar refractivity (Wildman–Crippen MR) is 83.4 cm³/mol. The van der Waals surface area contributed by atoms with Crippen LogP contribution in [0.2, 0.25) is 0 Å². The van der Waals surface area contributed by atoms with Crippen LogP contribution in [0.4, 0.5) is 0 Å². The third kappa shape index (κ3) is 5.83. The molecule has 2 amide bonds. The highest BCUT2D eigenvalue weighted by molar-refractivity contribution is 5.87. The quantitative estimate of drug-likeness (QED) is 0.649. The lowest BCUT2D eigenvalue weighted by molar-refractivity contribution is -0.130. The molecule has 0 spiro atoms. The van der Waals surface area contributed by atoms with E-state index in [9.17, 15) is 9.59 Å². The van der Waals surface area contributed by atoms with E-state index in [0.717, 1.165) is 16.7 Å². The summed E-state index contributed by atoms with van der Waals surface area (Å²) in [6, 6.07) is 5.14. The molecule has 6 heteroatoms. The molecule has 0 unspecified atom stereocenters. The van der Waals surface area contributed by atoms with Gasteiger partial charge >= 0.3 is 0 Å². The lowest BCUT2D eigenvalue weighted by Crippen LogP contribution is -2.47. The Bertz CT molecular complexity index is 497. The summed E-state index contributed by atoms with van der Waals surface area (Å²) in [5.74, 6) is -0.931. The Morgan fingerprint density at radius 2 is 1.86 bits per heavy atom. The normalized spacial score (nSPS) is 12.0. The summed E-state index contributed by atoms with van der Waals surface area (Å²) in [4.78, 5) is 23.4. The molecule has 0 bridgehead atoms. The van der Waals surface area contributed by atoms with Crippen molar-refractivity contribution in [3.05, 3.63) is 34.9 Å². The third-order valence-electron chi connectivity index (χ3n) is 3.40. The van der Waals surface area contributed by atoms with Crippen LogP contribution in [0.5, 0.6) is 0 Å². The van der Waals surface area contributed by atoms with Gasteiger partial charge in [-0.3, -0.25) is 9.59 Å². The zero-order chi connectivity index (χ0) is 16.5. The van der Waals surface area contributed by atoms with Gasteiger partial charge in [0.25, 0.3) is 0 Å². The second kappa shape index (κ2) is 9.17. The lowest BCUT2D eigenvalue weighted by Gasteiger charge is -2.18. The summed E-state index contributed by atoms with van der Waals surface area (Å²) >= 11 is 0. The van der Waals surface area contributed by atoms with Crippen molar-refractivity contribution in [2.24, 2.45) is 5.73 Å². The summed E-state index contributed by atoms with van der Waals surface area (Å²) < 4.78 is 9.94. The van der Waals surface area contributed by atoms with Crippen LogP contribution in [0, 0.1) is 13.8 Å². The number of hydrogen-bond acceptors (Lipinski definition) is 4. The van der Waals surface area contributed by atoms with E-state index in [-0.39, 0.29) is 12.5 Å². The van der Waals surface area contributed by atoms with Gasteiger partial charge < -0.3 is 20.5 Å². The Hall–Kier alpha value is -1.92. The minimum absolute atomic E-state index is 0.125. The second-order valence-electron chi connectivity index (χ2n) is 5.14. The molecule has 0 heterocycles. The molecule has 0 aliphatic rings. The molecule has 3 N–H and O–H groups in total. The fourth-order valence-corrected chi connectivity index (χ4v) is 2.14. The van der Waals surface area contributed by atoms with E-state index < -0.39 is 11.9 Å². The standard InChI is InChI=1S/C16H24N2O4/c1-11-5-4-6-12(2)13(11)9-14(16(17)20)18-15(19)10-22-8-7-21-3/h4-6,14H,7-10H2,1-3H3,(H2,17,20)(H,18,19)/t14-/m1/s1. The van der Waals surface area contributed by atoms with Gasteiger partial charge in [-0.1, -0.05) is 18.2 Å². The van der Waals surface area contributed by atoms with Crippen LogP contribution in [-0.4, -0.2) is 44.8 Å². The Morgan fingerprint density at radius 1 is 1.23 bits per heavy atom. The molecule has 6 nitrogen and oxygen atoms in total. The molecule has 0 saturated carbocycles. The van der Waals surface area contributed by atoms with E-state index in [2.05, 4.69) is 5.32 Å². The van der Waals surface area contributed by atoms with Gasteiger partial charge in [0.1, 0.15) is 12.6 Å².